The first-order valence-corrected chi connectivity index (χ1v) is 5.87. The maximum Gasteiger partial charge on any atom is 0.336 e. The molecular formula is C15H16O3. The van der Waals surface area contributed by atoms with Crippen LogP contribution in [0, 0.1) is 6.92 Å². The molecule has 0 aliphatic carbocycles. The normalized spacial score (nSPS) is 10.6. The predicted molar refractivity (Wildman–Crippen MR) is 72.0 cm³/mol. The lowest BCUT2D eigenvalue weighted by Crippen LogP contribution is -1.97. The summed E-state index contributed by atoms with van der Waals surface area (Å²) in [6.45, 7) is 5.79. The first-order valence-electron chi connectivity index (χ1n) is 5.87. The number of benzene rings is 1. The number of phenols is 1. The van der Waals surface area contributed by atoms with E-state index in [4.69, 9.17) is 4.42 Å². The molecule has 0 unspecified atom stereocenters. The second-order valence-corrected chi connectivity index (χ2v) is 4.67. The second-order valence-electron chi connectivity index (χ2n) is 4.67. The van der Waals surface area contributed by atoms with Crippen LogP contribution in [0.4, 0.5) is 0 Å². The summed E-state index contributed by atoms with van der Waals surface area (Å²) >= 11 is 0. The molecule has 0 spiro atoms. The van der Waals surface area contributed by atoms with Crippen LogP contribution in [0.2, 0.25) is 0 Å². The van der Waals surface area contributed by atoms with Gasteiger partial charge in [-0.3, -0.25) is 0 Å². The van der Waals surface area contributed by atoms with Crippen molar-refractivity contribution in [3.8, 4) is 5.75 Å². The van der Waals surface area contributed by atoms with Gasteiger partial charge in [-0.05, 0) is 44.9 Å². The summed E-state index contributed by atoms with van der Waals surface area (Å²) in [4.78, 5) is 11.2. The fourth-order valence-corrected chi connectivity index (χ4v) is 1.91. The van der Waals surface area contributed by atoms with Crippen LogP contribution in [0.3, 0.4) is 0 Å². The largest absolute Gasteiger partial charge is 0.507 e. The van der Waals surface area contributed by atoms with Crippen LogP contribution in [0.15, 0.2) is 39.1 Å². The van der Waals surface area contributed by atoms with Crippen molar-refractivity contribution < 1.29 is 9.52 Å². The number of hydrogen-bond acceptors (Lipinski definition) is 3. The van der Waals surface area contributed by atoms with E-state index in [1.165, 1.54) is 11.6 Å². The fourth-order valence-electron chi connectivity index (χ4n) is 1.91. The molecule has 0 atom stereocenters. The van der Waals surface area contributed by atoms with E-state index in [9.17, 15) is 9.90 Å². The zero-order chi connectivity index (χ0) is 13.3. The Labute approximate surface area is 105 Å². The Kier molecular flexibility index (Phi) is 3.24. The molecule has 2 aromatic rings. The van der Waals surface area contributed by atoms with Gasteiger partial charge in [-0.1, -0.05) is 11.6 Å². The van der Waals surface area contributed by atoms with Crippen LogP contribution >= 0.6 is 0 Å². The zero-order valence-corrected chi connectivity index (χ0v) is 10.8. The average Bonchev–Trinajstić information content (AvgIpc) is 2.32. The molecule has 0 amide bonds. The Bertz CT molecular complexity index is 674. The van der Waals surface area contributed by atoms with E-state index in [1.54, 1.807) is 13.0 Å². The van der Waals surface area contributed by atoms with Gasteiger partial charge in [-0.2, -0.15) is 0 Å². The van der Waals surface area contributed by atoms with E-state index in [-0.39, 0.29) is 5.75 Å². The Morgan fingerprint density at radius 3 is 2.78 bits per heavy atom. The highest BCUT2D eigenvalue weighted by Crippen LogP contribution is 2.30. The van der Waals surface area contributed by atoms with E-state index in [0.717, 1.165) is 10.9 Å². The van der Waals surface area contributed by atoms with Crippen molar-refractivity contribution in [1.29, 1.82) is 0 Å². The van der Waals surface area contributed by atoms with Crippen molar-refractivity contribution in [2.45, 2.75) is 27.2 Å². The Balaban J connectivity index is 2.64. The van der Waals surface area contributed by atoms with Crippen molar-refractivity contribution >= 4 is 11.0 Å². The molecular weight excluding hydrogens is 228 g/mol. The Hall–Kier alpha value is -2.03. The van der Waals surface area contributed by atoms with Gasteiger partial charge in [0.1, 0.15) is 11.3 Å². The van der Waals surface area contributed by atoms with E-state index in [2.05, 4.69) is 6.08 Å². The van der Waals surface area contributed by atoms with Gasteiger partial charge in [0.25, 0.3) is 0 Å². The summed E-state index contributed by atoms with van der Waals surface area (Å²) in [5.74, 6) is 0.203. The minimum absolute atomic E-state index is 0.203. The standard InChI is InChI=1S/C15H16O3/c1-9(2)4-5-11-8-12-6-7-13(16)18-15(12)10(3)14(11)17/h4,6-8,17H,5H2,1-3H3. The second kappa shape index (κ2) is 4.69. The van der Waals surface area contributed by atoms with Crippen molar-refractivity contribution in [2.75, 3.05) is 0 Å². The summed E-state index contributed by atoms with van der Waals surface area (Å²) in [7, 11) is 0. The van der Waals surface area contributed by atoms with E-state index in [0.29, 0.717) is 17.6 Å². The molecule has 0 aliphatic rings. The first kappa shape index (κ1) is 12.4. The number of phenolic OH excluding ortho intramolecular Hbond substituents is 1. The quantitative estimate of drug-likeness (QED) is 0.651. The molecule has 1 aromatic heterocycles. The minimum atomic E-state index is -0.401. The summed E-state index contributed by atoms with van der Waals surface area (Å²) in [6, 6.07) is 4.98. The molecule has 0 radical (unpaired) electrons. The summed E-state index contributed by atoms with van der Waals surface area (Å²) in [6.07, 6.45) is 2.73. The van der Waals surface area contributed by atoms with Crippen LogP contribution in [0.1, 0.15) is 25.0 Å². The third-order valence-electron chi connectivity index (χ3n) is 2.92. The maximum atomic E-state index is 11.2. The van der Waals surface area contributed by atoms with Gasteiger partial charge in [0.2, 0.25) is 0 Å². The maximum absolute atomic E-state index is 11.2. The van der Waals surface area contributed by atoms with Crippen LogP contribution in [-0.4, -0.2) is 5.11 Å². The molecule has 1 N–H and O–H groups in total. The minimum Gasteiger partial charge on any atom is -0.507 e. The Morgan fingerprint density at radius 1 is 1.39 bits per heavy atom. The highest BCUT2D eigenvalue weighted by atomic mass is 16.4. The lowest BCUT2D eigenvalue weighted by atomic mass is 10.0. The molecule has 0 fully saturated rings. The third kappa shape index (κ3) is 2.30. The monoisotopic (exact) mass is 244 g/mol. The molecule has 3 heteroatoms. The highest BCUT2D eigenvalue weighted by molar-refractivity contribution is 5.83. The van der Waals surface area contributed by atoms with E-state index < -0.39 is 5.63 Å². The van der Waals surface area contributed by atoms with Gasteiger partial charge in [-0.15, -0.1) is 0 Å². The average molecular weight is 244 g/mol. The van der Waals surface area contributed by atoms with Crippen molar-refractivity contribution in [2.24, 2.45) is 0 Å². The SMILES string of the molecule is CC(C)=CCc1cc2ccc(=O)oc2c(C)c1O. The van der Waals surface area contributed by atoms with E-state index in [1.807, 2.05) is 19.9 Å². The van der Waals surface area contributed by atoms with Crippen LogP contribution < -0.4 is 5.63 Å². The lowest BCUT2D eigenvalue weighted by molar-refractivity contribution is 0.463. The number of aryl methyl sites for hydroxylation is 1. The van der Waals surface area contributed by atoms with Crippen molar-refractivity contribution in [3.05, 3.63) is 51.4 Å². The van der Waals surface area contributed by atoms with E-state index >= 15 is 0 Å². The molecule has 2 rings (SSSR count). The molecule has 0 aliphatic heterocycles. The van der Waals surface area contributed by atoms with Gasteiger partial charge >= 0.3 is 5.63 Å². The molecule has 0 saturated carbocycles. The van der Waals surface area contributed by atoms with Crippen molar-refractivity contribution in [1.82, 2.24) is 0 Å². The summed E-state index contributed by atoms with van der Waals surface area (Å²) < 4.78 is 5.12. The van der Waals surface area contributed by atoms with Crippen LogP contribution in [0.5, 0.6) is 5.75 Å². The zero-order valence-electron chi connectivity index (χ0n) is 10.8. The molecule has 3 nitrogen and oxygen atoms in total. The number of hydrogen-bond donors (Lipinski definition) is 1. The number of allylic oxidation sites excluding steroid dienone is 2. The number of aromatic hydroxyl groups is 1. The van der Waals surface area contributed by atoms with Crippen LogP contribution in [-0.2, 0) is 6.42 Å². The van der Waals surface area contributed by atoms with Gasteiger partial charge in [0.05, 0.1) is 0 Å². The van der Waals surface area contributed by atoms with Crippen molar-refractivity contribution in [3.63, 3.8) is 0 Å². The molecule has 1 heterocycles. The molecule has 0 saturated heterocycles. The van der Waals surface area contributed by atoms with Gasteiger partial charge < -0.3 is 9.52 Å². The molecule has 94 valence electrons. The number of fused-ring (bicyclic) bond motifs is 1. The van der Waals surface area contributed by atoms with Gasteiger partial charge in [-0.25, -0.2) is 4.79 Å². The summed E-state index contributed by atoms with van der Waals surface area (Å²) in [5, 5.41) is 10.9. The lowest BCUT2D eigenvalue weighted by Gasteiger charge is -2.08. The fraction of sp³-hybridized carbons (Fsp3) is 0.267. The highest BCUT2D eigenvalue weighted by Gasteiger charge is 2.10. The molecule has 1 aromatic carbocycles. The third-order valence-corrected chi connectivity index (χ3v) is 2.92. The van der Waals surface area contributed by atoms with Crippen LogP contribution in [0.25, 0.3) is 11.0 Å². The smallest absolute Gasteiger partial charge is 0.336 e. The number of rotatable bonds is 2. The topological polar surface area (TPSA) is 50.4 Å². The predicted octanol–water partition coefficient (Wildman–Crippen LogP) is 3.32. The van der Waals surface area contributed by atoms with Gasteiger partial charge in [0.15, 0.2) is 0 Å². The Morgan fingerprint density at radius 2 is 2.11 bits per heavy atom. The van der Waals surface area contributed by atoms with Gasteiger partial charge in [0, 0.05) is 17.0 Å². The first-order chi connectivity index (χ1) is 8.49. The molecule has 0 bridgehead atoms. The summed E-state index contributed by atoms with van der Waals surface area (Å²) in [5.41, 5.74) is 2.71. The molecule has 18 heavy (non-hydrogen) atoms.